The molecule has 17 heavy (non-hydrogen) atoms. The highest BCUT2D eigenvalue weighted by Crippen LogP contribution is 2.34. The third-order valence-corrected chi connectivity index (χ3v) is 3.51. The van der Waals surface area contributed by atoms with Gasteiger partial charge in [0.05, 0.1) is 0 Å². The van der Waals surface area contributed by atoms with E-state index in [4.69, 9.17) is 4.74 Å². The van der Waals surface area contributed by atoms with Gasteiger partial charge in [0.15, 0.2) is 0 Å². The van der Waals surface area contributed by atoms with Crippen molar-refractivity contribution in [3.63, 3.8) is 0 Å². The predicted octanol–water partition coefficient (Wildman–Crippen LogP) is 2.49. The fourth-order valence-corrected chi connectivity index (χ4v) is 2.54. The van der Waals surface area contributed by atoms with E-state index in [1.807, 2.05) is 12.1 Å². The molecule has 1 heterocycles. The van der Waals surface area contributed by atoms with Gasteiger partial charge >= 0.3 is 0 Å². The van der Waals surface area contributed by atoms with Crippen molar-refractivity contribution in [2.24, 2.45) is 5.92 Å². The number of benzene rings is 1. The SMILES string of the molecule is O=CCC(c1ccc(O)cc1)C1CCOCC1. The van der Waals surface area contributed by atoms with E-state index in [0.717, 1.165) is 37.9 Å². The molecule has 2 rings (SSSR count). The van der Waals surface area contributed by atoms with Crippen LogP contribution in [-0.4, -0.2) is 24.6 Å². The molecular weight excluding hydrogens is 216 g/mol. The number of carbonyl (C=O) groups excluding carboxylic acids is 1. The van der Waals surface area contributed by atoms with Crippen LogP contribution in [0.3, 0.4) is 0 Å². The molecule has 0 amide bonds. The van der Waals surface area contributed by atoms with Crippen LogP contribution in [0.5, 0.6) is 5.75 Å². The highest BCUT2D eigenvalue weighted by molar-refractivity contribution is 5.52. The Balaban J connectivity index is 2.15. The predicted molar refractivity (Wildman–Crippen MR) is 65.1 cm³/mol. The van der Waals surface area contributed by atoms with Gasteiger partial charge in [0.1, 0.15) is 12.0 Å². The van der Waals surface area contributed by atoms with Gasteiger partial charge < -0.3 is 14.6 Å². The molecule has 3 nitrogen and oxygen atoms in total. The summed E-state index contributed by atoms with van der Waals surface area (Å²) in [5.41, 5.74) is 1.14. The molecule has 0 bridgehead atoms. The van der Waals surface area contributed by atoms with Crippen molar-refractivity contribution in [3.05, 3.63) is 29.8 Å². The van der Waals surface area contributed by atoms with E-state index in [2.05, 4.69) is 0 Å². The molecule has 0 radical (unpaired) electrons. The Morgan fingerprint density at radius 2 is 1.94 bits per heavy atom. The maximum atomic E-state index is 10.8. The van der Waals surface area contributed by atoms with Crippen molar-refractivity contribution >= 4 is 6.29 Å². The van der Waals surface area contributed by atoms with Crippen molar-refractivity contribution in [2.75, 3.05) is 13.2 Å². The third kappa shape index (κ3) is 3.07. The third-order valence-electron chi connectivity index (χ3n) is 3.51. The molecule has 92 valence electrons. The molecule has 1 aromatic carbocycles. The van der Waals surface area contributed by atoms with Crippen LogP contribution in [0.1, 0.15) is 30.7 Å². The number of ether oxygens (including phenoxy) is 1. The monoisotopic (exact) mass is 234 g/mol. The number of carbonyl (C=O) groups is 1. The van der Waals surface area contributed by atoms with Gasteiger partial charge in [0.2, 0.25) is 0 Å². The summed E-state index contributed by atoms with van der Waals surface area (Å²) in [7, 11) is 0. The van der Waals surface area contributed by atoms with Crippen LogP contribution in [0.4, 0.5) is 0 Å². The summed E-state index contributed by atoms with van der Waals surface area (Å²) >= 11 is 0. The Bertz CT molecular complexity index is 352. The van der Waals surface area contributed by atoms with E-state index in [1.165, 1.54) is 0 Å². The second-order valence-corrected chi connectivity index (χ2v) is 4.55. The van der Waals surface area contributed by atoms with Gasteiger partial charge in [0, 0.05) is 19.6 Å². The smallest absolute Gasteiger partial charge is 0.120 e. The standard InChI is InChI=1S/C14H18O3/c15-8-5-14(12-6-9-17-10-7-12)11-1-3-13(16)4-2-11/h1-4,8,12,14,16H,5-7,9-10H2. The number of aromatic hydroxyl groups is 1. The Kier molecular flexibility index (Phi) is 4.15. The highest BCUT2D eigenvalue weighted by atomic mass is 16.5. The average Bonchev–Trinajstić information content (AvgIpc) is 2.38. The summed E-state index contributed by atoms with van der Waals surface area (Å²) in [6.45, 7) is 1.58. The minimum Gasteiger partial charge on any atom is -0.508 e. The lowest BCUT2D eigenvalue weighted by atomic mass is 9.79. The van der Waals surface area contributed by atoms with Crippen LogP contribution in [0.25, 0.3) is 0 Å². The largest absolute Gasteiger partial charge is 0.508 e. The Morgan fingerprint density at radius 3 is 2.53 bits per heavy atom. The van der Waals surface area contributed by atoms with E-state index in [0.29, 0.717) is 12.3 Å². The lowest BCUT2D eigenvalue weighted by molar-refractivity contribution is -0.108. The maximum absolute atomic E-state index is 10.8. The fraction of sp³-hybridized carbons (Fsp3) is 0.500. The van der Waals surface area contributed by atoms with Crippen LogP contribution >= 0.6 is 0 Å². The molecule has 1 fully saturated rings. The molecule has 0 spiro atoms. The zero-order valence-corrected chi connectivity index (χ0v) is 9.84. The maximum Gasteiger partial charge on any atom is 0.120 e. The fourth-order valence-electron chi connectivity index (χ4n) is 2.54. The van der Waals surface area contributed by atoms with Gasteiger partial charge in [-0.2, -0.15) is 0 Å². The molecule has 1 saturated heterocycles. The zero-order valence-electron chi connectivity index (χ0n) is 9.84. The van der Waals surface area contributed by atoms with Gasteiger partial charge in [-0.1, -0.05) is 12.1 Å². The first-order valence-electron chi connectivity index (χ1n) is 6.11. The summed E-state index contributed by atoms with van der Waals surface area (Å²) in [4.78, 5) is 10.8. The molecule has 1 aromatic rings. The van der Waals surface area contributed by atoms with Gasteiger partial charge in [-0.15, -0.1) is 0 Å². The molecule has 0 saturated carbocycles. The van der Waals surface area contributed by atoms with E-state index in [1.54, 1.807) is 12.1 Å². The molecule has 1 unspecified atom stereocenters. The number of phenolic OH excluding ortho intramolecular Hbond substituents is 1. The minimum absolute atomic E-state index is 0.261. The second kappa shape index (κ2) is 5.82. The topological polar surface area (TPSA) is 46.5 Å². The van der Waals surface area contributed by atoms with Gasteiger partial charge in [0.25, 0.3) is 0 Å². The van der Waals surface area contributed by atoms with E-state index in [9.17, 15) is 9.90 Å². The van der Waals surface area contributed by atoms with Crippen molar-refractivity contribution in [1.82, 2.24) is 0 Å². The quantitative estimate of drug-likeness (QED) is 0.814. The Labute approximate surface area is 101 Å². The molecule has 1 N–H and O–H groups in total. The van der Waals surface area contributed by atoms with Crippen LogP contribution in [0.15, 0.2) is 24.3 Å². The van der Waals surface area contributed by atoms with Crippen molar-refractivity contribution in [1.29, 1.82) is 0 Å². The van der Waals surface area contributed by atoms with E-state index >= 15 is 0 Å². The first-order valence-corrected chi connectivity index (χ1v) is 6.11. The first-order chi connectivity index (χ1) is 8.31. The number of phenols is 1. The van der Waals surface area contributed by atoms with Crippen molar-refractivity contribution in [3.8, 4) is 5.75 Å². The molecule has 3 heteroatoms. The van der Waals surface area contributed by atoms with Crippen molar-refractivity contribution < 1.29 is 14.6 Å². The highest BCUT2D eigenvalue weighted by Gasteiger charge is 2.25. The summed E-state index contributed by atoms with van der Waals surface area (Å²) in [6.07, 6.45) is 3.57. The molecule has 0 aliphatic carbocycles. The summed E-state index contributed by atoms with van der Waals surface area (Å²) in [6, 6.07) is 7.21. The zero-order chi connectivity index (χ0) is 12.1. The number of hydrogen-bond acceptors (Lipinski definition) is 3. The molecular formula is C14H18O3. The summed E-state index contributed by atoms with van der Waals surface area (Å²) in [5.74, 6) is 1.04. The Hall–Kier alpha value is -1.35. The summed E-state index contributed by atoms with van der Waals surface area (Å²) in [5, 5.41) is 9.29. The van der Waals surface area contributed by atoms with Crippen molar-refractivity contribution in [2.45, 2.75) is 25.2 Å². The molecule has 1 aliphatic heterocycles. The van der Waals surface area contributed by atoms with Gasteiger partial charge in [-0.3, -0.25) is 0 Å². The van der Waals surface area contributed by atoms with E-state index < -0.39 is 0 Å². The molecule has 1 atom stereocenters. The van der Waals surface area contributed by atoms with Crippen LogP contribution in [-0.2, 0) is 9.53 Å². The molecule has 1 aliphatic rings. The lowest BCUT2D eigenvalue weighted by Crippen LogP contribution is -2.22. The molecule has 0 aromatic heterocycles. The minimum atomic E-state index is 0.261. The normalized spacial score (nSPS) is 18.8. The average molecular weight is 234 g/mol. The first kappa shape index (κ1) is 12.1. The van der Waals surface area contributed by atoms with E-state index in [-0.39, 0.29) is 11.7 Å². The lowest BCUT2D eigenvalue weighted by Gasteiger charge is -2.29. The van der Waals surface area contributed by atoms with Gasteiger partial charge in [-0.25, -0.2) is 0 Å². The van der Waals surface area contributed by atoms with Gasteiger partial charge in [-0.05, 0) is 42.4 Å². The number of rotatable bonds is 4. The Morgan fingerprint density at radius 1 is 1.29 bits per heavy atom. The van der Waals surface area contributed by atoms with Crippen LogP contribution in [0.2, 0.25) is 0 Å². The van der Waals surface area contributed by atoms with Crippen LogP contribution in [0, 0.1) is 5.92 Å². The number of aldehydes is 1. The summed E-state index contributed by atoms with van der Waals surface area (Å²) < 4.78 is 5.35. The number of hydrogen-bond donors (Lipinski definition) is 1. The second-order valence-electron chi connectivity index (χ2n) is 4.55. The van der Waals surface area contributed by atoms with Crippen LogP contribution < -0.4 is 0 Å².